The fourth-order valence-electron chi connectivity index (χ4n) is 2.90. The van der Waals surface area contributed by atoms with E-state index in [0.29, 0.717) is 30.6 Å². The molecule has 0 fully saturated rings. The Hall–Kier alpha value is -2.46. The van der Waals surface area contributed by atoms with E-state index in [0.717, 1.165) is 12.3 Å². The molecule has 1 aromatic carbocycles. The topological polar surface area (TPSA) is 79.9 Å². The van der Waals surface area contributed by atoms with Gasteiger partial charge in [-0.2, -0.15) is 5.26 Å². The van der Waals surface area contributed by atoms with E-state index in [1.165, 1.54) is 22.9 Å². The summed E-state index contributed by atoms with van der Waals surface area (Å²) in [6.45, 7) is 0. The first-order chi connectivity index (χ1) is 10.8. The van der Waals surface area contributed by atoms with E-state index in [9.17, 15) is 17.6 Å². The van der Waals surface area contributed by atoms with Crippen LogP contribution < -0.4 is 0 Å². The Morgan fingerprint density at radius 3 is 2.65 bits per heavy atom. The summed E-state index contributed by atoms with van der Waals surface area (Å²) in [5, 5.41) is 8.97. The SMILES string of the molecule is CS(=O)(=O)c1cn(-c2cc(F)cc(C#N)c2)c2c1C(=O)CCC2. The van der Waals surface area contributed by atoms with Gasteiger partial charge in [0.2, 0.25) is 0 Å². The standard InChI is InChI=1S/C16H13FN2O3S/c1-23(21,22)15-9-19(13-3-2-4-14(20)16(13)15)12-6-10(8-18)5-11(17)7-12/h5-7,9H,2-4H2,1H3. The van der Waals surface area contributed by atoms with Crippen LogP contribution >= 0.6 is 0 Å². The van der Waals surface area contributed by atoms with Crippen LogP contribution in [-0.4, -0.2) is 25.0 Å². The molecule has 1 aliphatic carbocycles. The summed E-state index contributed by atoms with van der Waals surface area (Å²) in [6, 6.07) is 5.65. The Labute approximate surface area is 132 Å². The van der Waals surface area contributed by atoms with Gasteiger partial charge in [-0.15, -0.1) is 0 Å². The van der Waals surface area contributed by atoms with Gasteiger partial charge in [0.15, 0.2) is 15.6 Å². The number of carbonyl (C=O) groups excluding carboxylic acids is 1. The van der Waals surface area contributed by atoms with Crippen molar-refractivity contribution in [2.24, 2.45) is 0 Å². The molecule has 0 bridgehead atoms. The van der Waals surface area contributed by atoms with Gasteiger partial charge in [-0.3, -0.25) is 4.79 Å². The predicted molar refractivity (Wildman–Crippen MR) is 80.8 cm³/mol. The molecule has 0 saturated heterocycles. The minimum absolute atomic E-state index is 0.0417. The molecule has 0 aliphatic heterocycles. The second kappa shape index (κ2) is 5.32. The van der Waals surface area contributed by atoms with Gasteiger partial charge in [0.05, 0.1) is 22.1 Å². The van der Waals surface area contributed by atoms with Gasteiger partial charge in [-0.25, -0.2) is 12.8 Å². The van der Waals surface area contributed by atoms with Crippen molar-refractivity contribution >= 4 is 15.6 Å². The predicted octanol–water partition coefficient (Wildman–Crippen LogP) is 2.41. The van der Waals surface area contributed by atoms with E-state index in [-0.39, 0.29) is 21.8 Å². The van der Waals surface area contributed by atoms with Gasteiger partial charge < -0.3 is 4.57 Å². The molecule has 5 nitrogen and oxygen atoms in total. The Kier molecular flexibility index (Phi) is 3.57. The number of Topliss-reactive ketones (excluding diaryl/α,β-unsaturated/α-hetero) is 1. The number of hydrogen-bond donors (Lipinski definition) is 0. The van der Waals surface area contributed by atoms with Gasteiger partial charge in [-0.05, 0) is 31.0 Å². The van der Waals surface area contributed by atoms with Crippen LogP contribution in [0.15, 0.2) is 29.3 Å². The number of benzene rings is 1. The van der Waals surface area contributed by atoms with Crippen molar-refractivity contribution in [3.63, 3.8) is 0 Å². The highest BCUT2D eigenvalue weighted by molar-refractivity contribution is 7.90. The molecule has 0 amide bonds. The van der Waals surface area contributed by atoms with Crippen molar-refractivity contribution < 1.29 is 17.6 Å². The molecule has 7 heteroatoms. The van der Waals surface area contributed by atoms with Crippen LogP contribution in [0.4, 0.5) is 4.39 Å². The molecule has 1 heterocycles. The first-order valence-corrected chi connectivity index (χ1v) is 8.89. The minimum atomic E-state index is -3.59. The highest BCUT2D eigenvalue weighted by atomic mass is 32.2. The number of carbonyl (C=O) groups is 1. The monoisotopic (exact) mass is 332 g/mol. The quantitative estimate of drug-likeness (QED) is 0.846. The number of aromatic nitrogens is 1. The number of nitriles is 1. The van der Waals surface area contributed by atoms with Crippen LogP contribution in [-0.2, 0) is 16.3 Å². The lowest BCUT2D eigenvalue weighted by molar-refractivity contribution is 0.0969. The van der Waals surface area contributed by atoms with Crippen LogP contribution in [0.25, 0.3) is 5.69 Å². The summed E-state index contributed by atoms with van der Waals surface area (Å²) >= 11 is 0. The number of halogens is 1. The first kappa shape index (κ1) is 15.4. The molecule has 0 atom stereocenters. The van der Waals surface area contributed by atoms with Gasteiger partial charge in [0.25, 0.3) is 0 Å². The molecule has 118 valence electrons. The van der Waals surface area contributed by atoms with Crippen LogP contribution in [0.5, 0.6) is 0 Å². The smallest absolute Gasteiger partial charge is 0.177 e. The van der Waals surface area contributed by atoms with Crippen LogP contribution in [0, 0.1) is 17.1 Å². The minimum Gasteiger partial charge on any atom is -0.319 e. The average molecular weight is 332 g/mol. The summed E-state index contributed by atoms with van der Waals surface area (Å²) in [5.74, 6) is -0.813. The fourth-order valence-corrected chi connectivity index (χ4v) is 3.80. The highest BCUT2D eigenvalue weighted by Gasteiger charge is 2.30. The number of hydrogen-bond acceptors (Lipinski definition) is 4. The van der Waals surface area contributed by atoms with Crippen molar-refractivity contribution in [1.82, 2.24) is 4.57 Å². The zero-order valence-corrected chi connectivity index (χ0v) is 13.2. The second-order valence-electron chi connectivity index (χ2n) is 5.54. The first-order valence-electron chi connectivity index (χ1n) is 7.00. The van der Waals surface area contributed by atoms with Crippen LogP contribution in [0.3, 0.4) is 0 Å². The number of sulfone groups is 1. The normalized spacial score (nSPS) is 14.4. The van der Waals surface area contributed by atoms with E-state index in [4.69, 9.17) is 5.26 Å². The third-order valence-electron chi connectivity index (χ3n) is 3.86. The van der Waals surface area contributed by atoms with Crippen LogP contribution in [0.1, 0.15) is 34.5 Å². The molecule has 0 saturated carbocycles. The maximum absolute atomic E-state index is 13.7. The van der Waals surface area contributed by atoms with Crippen LogP contribution in [0.2, 0.25) is 0 Å². The molecular formula is C16H13FN2O3S. The number of nitrogens with zero attached hydrogens (tertiary/aromatic N) is 2. The molecule has 1 aliphatic rings. The largest absolute Gasteiger partial charge is 0.319 e. The van der Waals surface area contributed by atoms with E-state index in [1.54, 1.807) is 0 Å². The number of rotatable bonds is 2. The molecule has 0 spiro atoms. The van der Waals surface area contributed by atoms with E-state index >= 15 is 0 Å². The Bertz CT molecular complexity index is 968. The third kappa shape index (κ3) is 2.66. The summed E-state index contributed by atoms with van der Waals surface area (Å²) < 4.78 is 39.2. The van der Waals surface area contributed by atoms with Crippen molar-refractivity contribution in [2.45, 2.75) is 24.2 Å². The third-order valence-corrected chi connectivity index (χ3v) is 4.97. The van der Waals surface area contributed by atoms with Crippen molar-refractivity contribution in [2.75, 3.05) is 6.26 Å². The summed E-state index contributed by atoms with van der Waals surface area (Å²) in [4.78, 5) is 12.1. The second-order valence-corrected chi connectivity index (χ2v) is 7.53. The number of fused-ring (bicyclic) bond motifs is 1. The van der Waals surface area contributed by atoms with Gasteiger partial charge >= 0.3 is 0 Å². The van der Waals surface area contributed by atoms with Crippen molar-refractivity contribution in [3.8, 4) is 11.8 Å². The maximum atomic E-state index is 13.7. The molecule has 0 radical (unpaired) electrons. The van der Waals surface area contributed by atoms with Gasteiger partial charge in [0.1, 0.15) is 5.82 Å². The average Bonchev–Trinajstić information content (AvgIpc) is 2.87. The zero-order chi connectivity index (χ0) is 16.8. The van der Waals surface area contributed by atoms with Gasteiger partial charge in [0, 0.05) is 30.3 Å². The summed E-state index contributed by atoms with van der Waals surface area (Å²) in [7, 11) is -3.59. The van der Waals surface area contributed by atoms with E-state index < -0.39 is 15.7 Å². The highest BCUT2D eigenvalue weighted by Crippen LogP contribution is 2.32. The zero-order valence-electron chi connectivity index (χ0n) is 12.3. The van der Waals surface area contributed by atoms with Gasteiger partial charge in [-0.1, -0.05) is 0 Å². The molecule has 0 unspecified atom stereocenters. The summed E-state index contributed by atoms with van der Waals surface area (Å²) in [5.41, 5.74) is 1.21. The Balaban J connectivity index is 2.32. The number of ketones is 1. The fraction of sp³-hybridized carbons (Fsp3) is 0.250. The molecule has 23 heavy (non-hydrogen) atoms. The van der Waals surface area contributed by atoms with Crippen molar-refractivity contribution in [1.29, 1.82) is 5.26 Å². The Morgan fingerprint density at radius 2 is 2.00 bits per heavy atom. The van der Waals surface area contributed by atoms with E-state index in [1.807, 2.05) is 6.07 Å². The lowest BCUT2D eigenvalue weighted by Gasteiger charge is -2.15. The Morgan fingerprint density at radius 1 is 1.26 bits per heavy atom. The lowest BCUT2D eigenvalue weighted by atomic mass is 9.96. The molecule has 1 aromatic heterocycles. The summed E-state index contributed by atoms with van der Waals surface area (Å²) in [6.07, 6.45) is 3.82. The molecule has 3 rings (SSSR count). The van der Waals surface area contributed by atoms with Crippen molar-refractivity contribution in [3.05, 3.63) is 47.0 Å². The molecular weight excluding hydrogens is 319 g/mol. The molecule has 0 N–H and O–H groups in total. The van der Waals surface area contributed by atoms with E-state index in [2.05, 4.69) is 0 Å². The maximum Gasteiger partial charge on any atom is 0.177 e. The molecule has 2 aromatic rings. The lowest BCUT2D eigenvalue weighted by Crippen LogP contribution is -2.14.